The number of nitrogens with zero attached hydrogens (tertiary/aromatic N) is 2. The van der Waals surface area contributed by atoms with Gasteiger partial charge in [0.15, 0.2) is 0 Å². The maximum Gasteiger partial charge on any atom is 0.326 e. The van der Waals surface area contributed by atoms with Gasteiger partial charge in [0.05, 0.1) is 16.7 Å². The standard InChI is InChI=1S/C13H12ClN3O4/c14-10-3-8(2-1-7(10)5-15)16-13(21)17-6-9(18)4-11(17)12(19)20/h1-3,9,11,18H,4,6H2,(H,16,21)(H,19,20)/t9-,11-/m1/s1. The van der Waals surface area contributed by atoms with Crippen molar-refractivity contribution in [3.8, 4) is 6.07 Å². The fraction of sp³-hybridized carbons (Fsp3) is 0.308. The third kappa shape index (κ3) is 3.24. The highest BCUT2D eigenvalue weighted by Crippen LogP contribution is 2.23. The number of halogens is 1. The van der Waals surface area contributed by atoms with Gasteiger partial charge in [0, 0.05) is 18.7 Å². The van der Waals surface area contributed by atoms with Crippen LogP contribution in [0.25, 0.3) is 0 Å². The second-order valence-corrected chi connectivity index (χ2v) is 5.04. The predicted molar refractivity (Wildman–Crippen MR) is 73.9 cm³/mol. The fourth-order valence-corrected chi connectivity index (χ4v) is 2.37. The number of urea groups is 1. The van der Waals surface area contributed by atoms with Gasteiger partial charge in [0.2, 0.25) is 0 Å². The molecule has 2 amide bonds. The molecule has 21 heavy (non-hydrogen) atoms. The Morgan fingerprint density at radius 2 is 2.19 bits per heavy atom. The maximum absolute atomic E-state index is 12.1. The number of rotatable bonds is 2. The molecule has 1 fully saturated rings. The Morgan fingerprint density at radius 1 is 1.48 bits per heavy atom. The van der Waals surface area contributed by atoms with Gasteiger partial charge < -0.3 is 20.4 Å². The number of carboxylic acid groups (broad SMARTS) is 1. The molecular weight excluding hydrogens is 298 g/mol. The third-order valence-corrected chi connectivity index (χ3v) is 3.48. The summed E-state index contributed by atoms with van der Waals surface area (Å²) < 4.78 is 0. The lowest BCUT2D eigenvalue weighted by Gasteiger charge is -2.21. The van der Waals surface area contributed by atoms with Crippen LogP contribution in [0.2, 0.25) is 5.02 Å². The number of aliphatic hydroxyl groups excluding tert-OH is 1. The van der Waals surface area contributed by atoms with E-state index in [0.717, 1.165) is 4.90 Å². The van der Waals surface area contributed by atoms with Gasteiger partial charge in [-0.1, -0.05) is 11.6 Å². The first kappa shape index (κ1) is 15.1. The molecule has 7 nitrogen and oxygen atoms in total. The number of aliphatic hydroxyl groups is 1. The predicted octanol–water partition coefficient (Wildman–Crippen LogP) is 1.26. The maximum atomic E-state index is 12.1. The molecule has 8 heteroatoms. The van der Waals surface area contributed by atoms with Crippen molar-refractivity contribution in [1.29, 1.82) is 5.26 Å². The summed E-state index contributed by atoms with van der Waals surface area (Å²) >= 11 is 5.85. The zero-order valence-corrected chi connectivity index (χ0v) is 11.5. The normalized spacial score (nSPS) is 20.9. The number of carboxylic acids is 1. The Hall–Kier alpha value is -2.30. The van der Waals surface area contributed by atoms with Crippen LogP contribution in [0.1, 0.15) is 12.0 Å². The summed E-state index contributed by atoms with van der Waals surface area (Å²) in [5, 5.41) is 30.0. The van der Waals surface area contributed by atoms with Crippen LogP contribution in [0.4, 0.5) is 10.5 Å². The first-order valence-electron chi connectivity index (χ1n) is 6.10. The number of likely N-dealkylation sites (tertiary alicyclic amines) is 1. The Morgan fingerprint density at radius 3 is 2.76 bits per heavy atom. The van der Waals surface area contributed by atoms with Crippen LogP contribution < -0.4 is 5.32 Å². The van der Waals surface area contributed by atoms with Crippen LogP contribution in [-0.2, 0) is 4.79 Å². The molecule has 1 aliphatic heterocycles. The number of carbonyl (C=O) groups excluding carboxylic acids is 1. The number of aliphatic carboxylic acids is 1. The molecule has 0 radical (unpaired) electrons. The second kappa shape index (κ2) is 5.99. The number of hydrogen-bond donors (Lipinski definition) is 3. The molecule has 0 spiro atoms. The van der Waals surface area contributed by atoms with Crippen molar-refractivity contribution in [2.75, 3.05) is 11.9 Å². The third-order valence-electron chi connectivity index (χ3n) is 3.17. The van der Waals surface area contributed by atoms with Crippen molar-refractivity contribution in [2.45, 2.75) is 18.6 Å². The minimum atomic E-state index is -1.17. The molecule has 0 aromatic heterocycles. The van der Waals surface area contributed by atoms with Crippen molar-refractivity contribution in [2.24, 2.45) is 0 Å². The molecule has 2 atom stereocenters. The molecule has 3 N–H and O–H groups in total. The van der Waals surface area contributed by atoms with Crippen LogP contribution in [-0.4, -0.2) is 45.8 Å². The SMILES string of the molecule is N#Cc1ccc(NC(=O)N2C[C@H](O)C[C@@H]2C(=O)O)cc1Cl. The summed E-state index contributed by atoms with van der Waals surface area (Å²) in [5.41, 5.74) is 0.615. The average molecular weight is 310 g/mol. The number of hydrogen-bond acceptors (Lipinski definition) is 4. The number of amides is 2. The molecule has 1 aromatic rings. The van der Waals surface area contributed by atoms with Crippen molar-refractivity contribution in [1.82, 2.24) is 4.90 Å². The van der Waals surface area contributed by atoms with Crippen LogP contribution in [0.3, 0.4) is 0 Å². The fourth-order valence-electron chi connectivity index (χ4n) is 2.15. The van der Waals surface area contributed by atoms with Gasteiger partial charge in [-0.15, -0.1) is 0 Å². The van der Waals surface area contributed by atoms with Gasteiger partial charge in [-0.25, -0.2) is 9.59 Å². The van der Waals surface area contributed by atoms with Gasteiger partial charge in [-0.2, -0.15) is 5.26 Å². The van der Waals surface area contributed by atoms with Crippen molar-refractivity contribution in [3.05, 3.63) is 28.8 Å². The molecule has 0 unspecified atom stereocenters. The lowest BCUT2D eigenvalue weighted by atomic mass is 10.2. The number of nitriles is 1. The number of benzene rings is 1. The van der Waals surface area contributed by atoms with Crippen LogP contribution in [0.15, 0.2) is 18.2 Å². The van der Waals surface area contributed by atoms with E-state index in [2.05, 4.69) is 5.32 Å². The van der Waals surface area contributed by atoms with E-state index in [1.807, 2.05) is 6.07 Å². The smallest absolute Gasteiger partial charge is 0.326 e. The summed E-state index contributed by atoms with van der Waals surface area (Å²) in [5.74, 6) is -1.17. The summed E-state index contributed by atoms with van der Waals surface area (Å²) in [4.78, 5) is 24.2. The number of β-amino-alcohol motifs (C(OH)–C–C–N with tert-alkyl or cyclic N) is 1. The summed E-state index contributed by atoms with van der Waals surface area (Å²) in [6.07, 6.45) is -0.863. The lowest BCUT2D eigenvalue weighted by molar-refractivity contribution is -0.141. The number of carbonyl (C=O) groups is 2. The Labute approximate surface area is 125 Å². The second-order valence-electron chi connectivity index (χ2n) is 4.63. The highest BCUT2D eigenvalue weighted by atomic mass is 35.5. The van der Waals surface area contributed by atoms with E-state index in [4.69, 9.17) is 22.0 Å². The Balaban J connectivity index is 2.12. The zero-order valence-electron chi connectivity index (χ0n) is 10.8. The summed E-state index contributed by atoms with van der Waals surface area (Å²) in [7, 11) is 0. The molecule has 0 bridgehead atoms. The van der Waals surface area contributed by atoms with E-state index in [1.165, 1.54) is 18.2 Å². The van der Waals surface area contributed by atoms with E-state index < -0.39 is 24.1 Å². The largest absolute Gasteiger partial charge is 0.480 e. The number of nitrogens with one attached hydrogen (secondary N) is 1. The van der Waals surface area contributed by atoms with Gasteiger partial charge >= 0.3 is 12.0 Å². The number of anilines is 1. The van der Waals surface area contributed by atoms with E-state index in [9.17, 15) is 14.7 Å². The molecule has 2 rings (SSSR count). The molecule has 1 aromatic carbocycles. The van der Waals surface area contributed by atoms with Crippen LogP contribution in [0.5, 0.6) is 0 Å². The molecular formula is C13H12ClN3O4. The van der Waals surface area contributed by atoms with Crippen molar-refractivity contribution < 1.29 is 19.8 Å². The van der Waals surface area contributed by atoms with Crippen LogP contribution in [0, 0.1) is 11.3 Å². The van der Waals surface area contributed by atoms with E-state index in [1.54, 1.807) is 0 Å². The summed E-state index contributed by atoms with van der Waals surface area (Å²) in [6.45, 7) is -0.0488. The summed E-state index contributed by atoms with van der Waals surface area (Å²) in [6, 6.07) is 4.54. The first-order chi connectivity index (χ1) is 9.92. The van der Waals surface area contributed by atoms with E-state index in [0.29, 0.717) is 5.69 Å². The molecule has 110 valence electrons. The van der Waals surface area contributed by atoms with E-state index in [-0.39, 0.29) is 23.6 Å². The first-order valence-corrected chi connectivity index (χ1v) is 6.48. The quantitative estimate of drug-likeness (QED) is 0.761. The molecule has 1 heterocycles. The van der Waals surface area contributed by atoms with Crippen LogP contribution >= 0.6 is 11.6 Å². The van der Waals surface area contributed by atoms with Gasteiger partial charge in [-0.3, -0.25) is 0 Å². The molecule has 0 saturated carbocycles. The lowest BCUT2D eigenvalue weighted by Crippen LogP contribution is -2.43. The molecule has 1 saturated heterocycles. The minimum absolute atomic E-state index is 0.00310. The van der Waals surface area contributed by atoms with Crippen molar-refractivity contribution >= 4 is 29.3 Å². The molecule has 1 aliphatic rings. The topological polar surface area (TPSA) is 114 Å². The Bertz CT molecular complexity index is 628. The highest BCUT2D eigenvalue weighted by molar-refractivity contribution is 6.32. The van der Waals surface area contributed by atoms with E-state index >= 15 is 0 Å². The van der Waals surface area contributed by atoms with Gasteiger partial charge in [-0.05, 0) is 18.2 Å². The average Bonchev–Trinajstić information content (AvgIpc) is 2.81. The zero-order chi connectivity index (χ0) is 15.6. The van der Waals surface area contributed by atoms with Gasteiger partial charge in [0.25, 0.3) is 0 Å². The van der Waals surface area contributed by atoms with Gasteiger partial charge in [0.1, 0.15) is 12.1 Å². The van der Waals surface area contributed by atoms with Crippen molar-refractivity contribution in [3.63, 3.8) is 0 Å². The highest BCUT2D eigenvalue weighted by Gasteiger charge is 2.39. The minimum Gasteiger partial charge on any atom is -0.480 e. The molecule has 0 aliphatic carbocycles. The Kier molecular flexibility index (Phi) is 4.31. The monoisotopic (exact) mass is 309 g/mol.